The Hall–Kier alpha value is -1.05. The average Bonchev–Trinajstić information content (AvgIpc) is 3.20. The van der Waals surface area contributed by atoms with Crippen LogP contribution < -0.4 is 0 Å². The number of hydrogen-bond donors (Lipinski definition) is 1. The third-order valence-electron chi connectivity index (χ3n) is 3.49. The molecule has 124 valence electrons. The van der Waals surface area contributed by atoms with Gasteiger partial charge in [0.1, 0.15) is 0 Å². The molecule has 0 aliphatic carbocycles. The van der Waals surface area contributed by atoms with Crippen LogP contribution in [0.4, 0.5) is 0 Å². The Labute approximate surface area is 144 Å². The number of hydrogen-bond acceptors (Lipinski definition) is 5. The molecule has 7 heteroatoms. The molecule has 1 aliphatic rings. The van der Waals surface area contributed by atoms with Gasteiger partial charge >= 0.3 is 0 Å². The lowest BCUT2D eigenvalue weighted by molar-refractivity contribution is -0.0421. The van der Waals surface area contributed by atoms with Gasteiger partial charge in [-0.2, -0.15) is 0 Å². The Kier molecular flexibility index (Phi) is 5.96. The molecule has 1 aromatic carbocycles. The molecule has 1 aliphatic heterocycles. The molecule has 0 bridgehead atoms. The van der Waals surface area contributed by atoms with Gasteiger partial charge in [0.2, 0.25) is 0 Å². The number of aliphatic hydroxyl groups is 1. The van der Waals surface area contributed by atoms with Crippen molar-refractivity contribution in [2.24, 2.45) is 0 Å². The molecule has 0 saturated carbocycles. The molecule has 0 radical (unpaired) electrons. The van der Waals surface area contributed by atoms with Crippen LogP contribution in [-0.2, 0) is 22.6 Å². The van der Waals surface area contributed by atoms with Crippen LogP contribution in [0.25, 0.3) is 0 Å². The minimum atomic E-state index is -0.0977. The molecule has 0 amide bonds. The van der Waals surface area contributed by atoms with Crippen LogP contribution in [0.3, 0.4) is 0 Å². The first-order valence-electron chi connectivity index (χ1n) is 7.52. The zero-order valence-corrected chi connectivity index (χ0v) is 14.2. The van der Waals surface area contributed by atoms with E-state index in [1.807, 2.05) is 30.5 Å². The minimum absolute atomic E-state index is 0.0595. The van der Waals surface area contributed by atoms with E-state index in [2.05, 4.69) is 9.55 Å². The van der Waals surface area contributed by atoms with E-state index in [1.165, 1.54) is 0 Å². The molecular weight excluding hydrogens is 336 g/mol. The summed E-state index contributed by atoms with van der Waals surface area (Å²) in [4.78, 5) is 4.47. The zero-order valence-electron chi connectivity index (χ0n) is 12.7. The molecule has 1 fully saturated rings. The molecule has 2 heterocycles. The van der Waals surface area contributed by atoms with Gasteiger partial charge in [-0.05, 0) is 17.7 Å². The van der Waals surface area contributed by atoms with Crippen molar-refractivity contribution in [3.05, 3.63) is 46.7 Å². The van der Waals surface area contributed by atoms with Crippen molar-refractivity contribution in [2.45, 2.75) is 31.0 Å². The average molecular weight is 355 g/mol. The number of rotatable bonds is 7. The normalized spacial score (nSPS) is 15.4. The number of nitrogens with zero attached hydrogens (tertiary/aromatic N) is 2. The predicted molar refractivity (Wildman–Crippen MR) is 89.7 cm³/mol. The second kappa shape index (κ2) is 8.17. The maximum Gasteiger partial charge on any atom is 0.168 e. The fraction of sp³-hybridized carbons (Fsp3) is 0.438. The fourth-order valence-corrected chi connectivity index (χ4v) is 3.45. The summed E-state index contributed by atoms with van der Waals surface area (Å²) in [6.07, 6.45) is 2.62. The van der Waals surface area contributed by atoms with Gasteiger partial charge in [-0.3, -0.25) is 0 Å². The standard InChI is InChI=1S/C16H19ClN2O3S/c17-13-3-1-12(2-4-13)9-19-10-14(11-20)18-16(19)23-8-5-15-21-6-7-22-15/h1-4,10,15,20H,5-9,11H2. The van der Waals surface area contributed by atoms with Crippen molar-refractivity contribution in [2.75, 3.05) is 19.0 Å². The highest BCUT2D eigenvalue weighted by Crippen LogP contribution is 2.22. The van der Waals surface area contributed by atoms with Gasteiger partial charge in [0.25, 0.3) is 0 Å². The summed E-state index contributed by atoms with van der Waals surface area (Å²) >= 11 is 7.57. The highest BCUT2D eigenvalue weighted by Gasteiger charge is 2.16. The molecule has 3 rings (SSSR count). The van der Waals surface area contributed by atoms with E-state index in [0.717, 1.165) is 27.9 Å². The Morgan fingerprint density at radius 3 is 2.70 bits per heavy atom. The van der Waals surface area contributed by atoms with E-state index in [4.69, 9.17) is 21.1 Å². The van der Waals surface area contributed by atoms with E-state index < -0.39 is 0 Å². The maximum atomic E-state index is 9.33. The summed E-state index contributed by atoms with van der Waals surface area (Å²) in [7, 11) is 0. The van der Waals surface area contributed by atoms with Crippen LogP contribution in [0, 0.1) is 0 Å². The number of halogens is 1. The Morgan fingerprint density at radius 1 is 1.26 bits per heavy atom. The van der Waals surface area contributed by atoms with Crippen molar-refractivity contribution in [1.29, 1.82) is 0 Å². The lowest BCUT2D eigenvalue weighted by atomic mass is 10.2. The summed E-state index contributed by atoms with van der Waals surface area (Å²) in [5, 5.41) is 10.9. The Morgan fingerprint density at radius 2 is 2.00 bits per heavy atom. The van der Waals surface area contributed by atoms with Gasteiger partial charge in [0.15, 0.2) is 11.4 Å². The molecule has 1 aromatic heterocycles. The van der Waals surface area contributed by atoms with E-state index in [0.29, 0.717) is 25.5 Å². The first kappa shape index (κ1) is 16.8. The monoisotopic (exact) mass is 354 g/mol. The molecule has 0 atom stereocenters. The van der Waals surface area contributed by atoms with Crippen LogP contribution in [0.2, 0.25) is 5.02 Å². The molecule has 23 heavy (non-hydrogen) atoms. The number of aliphatic hydroxyl groups excluding tert-OH is 1. The van der Waals surface area contributed by atoms with E-state index in [9.17, 15) is 5.11 Å². The van der Waals surface area contributed by atoms with Crippen LogP contribution in [0.5, 0.6) is 0 Å². The number of imidazole rings is 1. The van der Waals surface area contributed by atoms with Gasteiger partial charge in [0.05, 0.1) is 25.5 Å². The largest absolute Gasteiger partial charge is 0.390 e. The van der Waals surface area contributed by atoms with Gasteiger partial charge < -0.3 is 19.1 Å². The lowest BCUT2D eigenvalue weighted by Crippen LogP contribution is -2.09. The third-order valence-corrected chi connectivity index (χ3v) is 4.77. The molecule has 5 nitrogen and oxygen atoms in total. The molecule has 0 unspecified atom stereocenters. The second-order valence-corrected chi connectivity index (χ2v) is 6.73. The molecule has 1 N–H and O–H groups in total. The summed E-state index contributed by atoms with van der Waals surface area (Å²) in [5.41, 5.74) is 1.82. The fourth-order valence-electron chi connectivity index (χ4n) is 2.36. The Bertz CT molecular complexity index is 627. The number of ether oxygens (including phenoxy) is 2. The molecule has 1 saturated heterocycles. The second-order valence-electron chi connectivity index (χ2n) is 5.24. The zero-order chi connectivity index (χ0) is 16.1. The van der Waals surface area contributed by atoms with E-state index in [1.54, 1.807) is 11.8 Å². The smallest absolute Gasteiger partial charge is 0.168 e. The van der Waals surface area contributed by atoms with Crippen LogP contribution in [0.15, 0.2) is 35.6 Å². The first-order valence-corrected chi connectivity index (χ1v) is 8.88. The topological polar surface area (TPSA) is 56.5 Å². The third kappa shape index (κ3) is 4.71. The van der Waals surface area contributed by atoms with Crippen molar-refractivity contribution >= 4 is 23.4 Å². The minimum Gasteiger partial charge on any atom is -0.390 e. The predicted octanol–water partition coefficient (Wildman–Crippen LogP) is 2.93. The highest BCUT2D eigenvalue weighted by molar-refractivity contribution is 7.99. The molecular formula is C16H19ClN2O3S. The van der Waals surface area contributed by atoms with Gasteiger partial charge in [-0.15, -0.1) is 0 Å². The Balaban J connectivity index is 1.63. The number of aromatic nitrogens is 2. The molecule has 0 spiro atoms. The first-order chi connectivity index (χ1) is 11.2. The van der Waals surface area contributed by atoms with Crippen LogP contribution >= 0.6 is 23.4 Å². The van der Waals surface area contributed by atoms with Gasteiger partial charge in [0, 0.05) is 29.9 Å². The van der Waals surface area contributed by atoms with Crippen molar-refractivity contribution in [3.8, 4) is 0 Å². The summed E-state index contributed by atoms with van der Waals surface area (Å²) in [5.74, 6) is 0.854. The van der Waals surface area contributed by atoms with Crippen molar-refractivity contribution in [3.63, 3.8) is 0 Å². The quantitative estimate of drug-likeness (QED) is 0.775. The summed E-state index contributed by atoms with van der Waals surface area (Å²) < 4.78 is 12.9. The molecule has 2 aromatic rings. The van der Waals surface area contributed by atoms with Crippen molar-refractivity contribution in [1.82, 2.24) is 9.55 Å². The SMILES string of the molecule is OCc1cn(Cc2ccc(Cl)cc2)c(SCCC2OCCO2)n1. The van der Waals surface area contributed by atoms with E-state index >= 15 is 0 Å². The van der Waals surface area contributed by atoms with Crippen molar-refractivity contribution < 1.29 is 14.6 Å². The summed E-state index contributed by atoms with van der Waals surface area (Å²) in [6, 6.07) is 7.75. The lowest BCUT2D eigenvalue weighted by Gasteiger charge is -2.10. The van der Waals surface area contributed by atoms with Gasteiger partial charge in [-0.25, -0.2) is 4.98 Å². The summed E-state index contributed by atoms with van der Waals surface area (Å²) in [6.45, 7) is 1.99. The number of benzene rings is 1. The maximum absolute atomic E-state index is 9.33. The van der Waals surface area contributed by atoms with Crippen LogP contribution in [0.1, 0.15) is 17.7 Å². The van der Waals surface area contributed by atoms with E-state index in [-0.39, 0.29) is 12.9 Å². The van der Waals surface area contributed by atoms with Gasteiger partial charge in [-0.1, -0.05) is 35.5 Å². The van der Waals surface area contributed by atoms with Crippen LogP contribution in [-0.4, -0.2) is 39.9 Å². The highest BCUT2D eigenvalue weighted by atomic mass is 35.5. The number of thioether (sulfide) groups is 1.